The number of hydrogen-bond acceptors (Lipinski definition) is 3. The van der Waals surface area contributed by atoms with Crippen LogP contribution in [0.4, 0.5) is 0 Å². The lowest BCUT2D eigenvalue weighted by Gasteiger charge is -2.17. The van der Waals surface area contributed by atoms with Gasteiger partial charge in [-0.1, -0.05) is 24.3 Å². The third-order valence-electron chi connectivity index (χ3n) is 4.84. The fourth-order valence-electron chi connectivity index (χ4n) is 3.60. The monoisotopic (exact) mass is 305 g/mol. The number of carbonyl (C=O) groups excluding carboxylic acids is 1. The van der Waals surface area contributed by atoms with Gasteiger partial charge in [-0.15, -0.1) is 0 Å². The third-order valence-corrected chi connectivity index (χ3v) is 4.84. The molecule has 1 fully saturated rings. The van der Waals surface area contributed by atoms with Crippen LogP contribution < -0.4 is 0 Å². The van der Waals surface area contributed by atoms with Crippen molar-refractivity contribution in [2.75, 3.05) is 13.1 Å². The second-order valence-corrected chi connectivity index (χ2v) is 6.33. The first-order valence-electron chi connectivity index (χ1n) is 8.13. The Morgan fingerprint density at radius 1 is 1.00 bits per heavy atom. The number of likely N-dealkylation sites (tertiary alicyclic amines) is 1. The van der Waals surface area contributed by atoms with E-state index in [1.54, 1.807) is 18.5 Å². The van der Waals surface area contributed by atoms with Crippen molar-refractivity contribution in [3.05, 3.63) is 60.4 Å². The maximum atomic E-state index is 12.8. The van der Waals surface area contributed by atoms with Crippen LogP contribution in [0.1, 0.15) is 23.2 Å². The Hall–Kier alpha value is -2.49. The summed E-state index contributed by atoms with van der Waals surface area (Å²) >= 11 is 0. The first kappa shape index (κ1) is 14.1. The van der Waals surface area contributed by atoms with E-state index in [0.29, 0.717) is 17.7 Å². The number of carbonyl (C=O) groups is 1. The smallest absolute Gasteiger partial charge is 0.253 e. The standard InChI is InChI=1S/C19H19N3O/c23-19(22-12-16-5-1-2-6-17(16)13-22)15-8-3-7-14(11-15)18-20-9-4-10-21-18/h1-4,7-11,16-17H,5-6,12-13H2/t16-,17+. The molecule has 23 heavy (non-hydrogen) atoms. The summed E-state index contributed by atoms with van der Waals surface area (Å²) in [6.45, 7) is 1.75. The largest absolute Gasteiger partial charge is 0.338 e. The highest BCUT2D eigenvalue weighted by Gasteiger charge is 2.35. The number of aromatic nitrogens is 2. The molecule has 4 heteroatoms. The van der Waals surface area contributed by atoms with Crippen molar-refractivity contribution in [1.82, 2.24) is 14.9 Å². The minimum atomic E-state index is 0.122. The second-order valence-electron chi connectivity index (χ2n) is 6.33. The third kappa shape index (κ3) is 2.77. The number of fused-ring (bicyclic) bond motifs is 1. The number of nitrogens with zero attached hydrogens (tertiary/aromatic N) is 3. The van der Waals surface area contributed by atoms with Gasteiger partial charge in [-0.25, -0.2) is 9.97 Å². The summed E-state index contributed by atoms with van der Waals surface area (Å²) in [5, 5.41) is 0. The van der Waals surface area contributed by atoms with E-state index in [1.165, 1.54) is 0 Å². The Bertz CT molecular complexity index is 725. The lowest BCUT2D eigenvalue weighted by atomic mass is 9.86. The van der Waals surface area contributed by atoms with Crippen molar-refractivity contribution in [3.8, 4) is 11.4 Å². The Morgan fingerprint density at radius 3 is 2.39 bits per heavy atom. The average Bonchev–Trinajstić information content (AvgIpc) is 3.06. The van der Waals surface area contributed by atoms with Gasteiger partial charge in [0.25, 0.3) is 5.91 Å². The number of amides is 1. The summed E-state index contributed by atoms with van der Waals surface area (Å²) in [7, 11) is 0. The molecule has 2 heterocycles. The Morgan fingerprint density at radius 2 is 1.70 bits per heavy atom. The molecule has 0 spiro atoms. The molecular formula is C19H19N3O. The average molecular weight is 305 g/mol. The molecule has 4 rings (SSSR count). The molecule has 1 saturated heterocycles. The van der Waals surface area contributed by atoms with Gasteiger partial charge < -0.3 is 4.90 Å². The van der Waals surface area contributed by atoms with E-state index >= 15 is 0 Å². The van der Waals surface area contributed by atoms with Crippen LogP contribution >= 0.6 is 0 Å². The number of rotatable bonds is 2. The van der Waals surface area contributed by atoms with Crippen LogP contribution in [0.15, 0.2) is 54.9 Å². The predicted molar refractivity (Wildman–Crippen MR) is 88.7 cm³/mol. The second kappa shape index (κ2) is 5.95. The maximum absolute atomic E-state index is 12.8. The molecule has 0 unspecified atom stereocenters. The van der Waals surface area contributed by atoms with E-state index in [4.69, 9.17) is 0 Å². The van der Waals surface area contributed by atoms with E-state index in [0.717, 1.165) is 37.1 Å². The van der Waals surface area contributed by atoms with Gasteiger partial charge in [-0.3, -0.25) is 4.79 Å². The van der Waals surface area contributed by atoms with Gasteiger partial charge in [0.15, 0.2) is 5.82 Å². The summed E-state index contributed by atoms with van der Waals surface area (Å²) in [4.78, 5) is 23.4. The van der Waals surface area contributed by atoms with Crippen molar-refractivity contribution >= 4 is 5.91 Å². The highest BCUT2D eigenvalue weighted by molar-refractivity contribution is 5.95. The SMILES string of the molecule is O=C(c1cccc(-c2ncccn2)c1)N1C[C@H]2CC=CC[C@H]2C1. The zero-order chi connectivity index (χ0) is 15.6. The van der Waals surface area contributed by atoms with Crippen molar-refractivity contribution < 1.29 is 4.79 Å². The molecule has 1 aromatic heterocycles. The molecule has 116 valence electrons. The molecule has 2 atom stereocenters. The molecule has 1 amide bonds. The summed E-state index contributed by atoms with van der Waals surface area (Å²) in [5.74, 6) is 2.04. The van der Waals surface area contributed by atoms with Crippen molar-refractivity contribution in [1.29, 1.82) is 0 Å². The van der Waals surface area contributed by atoms with Gasteiger partial charge in [0.2, 0.25) is 0 Å². The number of allylic oxidation sites excluding steroid dienone is 2. The fraction of sp³-hybridized carbons (Fsp3) is 0.316. The first-order valence-corrected chi connectivity index (χ1v) is 8.13. The highest BCUT2D eigenvalue weighted by Crippen LogP contribution is 2.33. The van der Waals surface area contributed by atoms with Crippen LogP contribution in [0.25, 0.3) is 11.4 Å². The molecular weight excluding hydrogens is 286 g/mol. The summed E-state index contributed by atoms with van der Waals surface area (Å²) in [5.41, 5.74) is 1.61. The minimum absolute atomic E-state index is 0.122. The summed E-state index contributed by atoms with van der Waals surface area (Å²) < 4.78 is 0. The van der Waals surface area contributed by atoms with Crippen LogP contribution in [0.3, 0.4) is 0 Å². The van der Waals surface area contributed by atoms with Gasteiger partial charge in [-0.2, -0.15) is 0 Å². The molecule has 0 N–H and O–H groups in total. The van der Waals surface area contributed by atoms with Gasteiger partial charge in [0.1, 0.15) is 0 Å². The van der Waals surface area contributed by atoms with Crippen LogP contribution in [0.2, 0.25) is 0 Å². The normalized spacial score (nSPS) is 22.9. The van der Waals surface area contributed by atoms with Crippen molar-refractivity contribution in [3.63, 3.8) is 0 Å². The zero-order valence-corrected chi connectivity index (χ0v) is 12.9. The molecule has 1 aliphatic heterocycles. The van der Waals surface area contributed by atoms with Crippen molar-refractivity contribution in [2.45, 2.75) is 12.8 Å². The Kier molecular flexibility index (Phi) is 3.66. The first-order chi connectivity index (χ1) is 11.3. The van der Waals surface area contributed by atoms with E-state index in [2.05, 4.69) is 22.1 Å². The van der Waals surface area contributed by atoms with E-state index in [1.807, 2.05) is 29.2 Å². The molecule has 0 radical (unpaired) electrons. The lowest BCUT2D eigenvalue weighted by molar-refractivity contribution is 0.0784. The van der Waals surface area contributed by atoms with Gasteiger partial charge >= 0.3 is 0 Å². The molecule has 0 bridgehead atoms. The van der Waals surface area contributed by atoms with E-state index < -0.39 is 0 Å². The van der Waals surface area contributed by atoms with Gasteiger partial charge in [-0.05, 0) is 42.9 Å². The molecule has 2 aromatic rings. The summed E-state index contributed by atoms with van der Waals surface area (Å²) in [6.07, 6.45) is 10.1. The van der Waals surface area contributed by atoms with Crippen LogP contribution in [-0.2, 0) is 0 Å². The topological polar surface area (TPSA) is 46.1 Å². The van der Waals surface area contributed by atoms with Crippen molar-refractivity contribution in [2.24, 2.45) is 11.8 Å². The lowest BCUT2D eigenvalue weighted by Crippen LogP contribution is -2.29. The maximum Gasteiger partial charge on any atom is 0.253 e. The molecule has 1 aliphatic carbocycles. The van der Waals surface area contributed by atoms with E-state index in [-0.39, 0.29) is 5.91 Å². The van der Waals surface area contributed by atoms with Crippen LogP contribution in [0.5, 0.6) is 0 Å². The Labute approximate surface area is 135 Å². The fourth-order valence-corrected chi connectivity index (χ4v) is 3.60. The predicted octanol–water partition coefficient (Wildman–Crippen LogP) is 3.18. The van der Waals surface area contributed by atoms with E-state index in [9.17, 15) is 4.79 Å². The quantitative estimate of drug-likeness (QED) is 0.801. The van der Waals surface area contributed by atoms with Crippen LogP contribution in [-0.4, -0.2) is 33.9 Å². The summed E-state index contributed by atoms with van der Waals surface area (Å²) in [6, 6.07) is 9.43. The zero-order valence-electron chi connectivity index (χ0n) is 12.9. The molecule has 0 saturated carbocycles. The number of benzene rings is 1. The molecule has 4 nitrogen and oxygen atoms in total. The highest BCUT2D eigenvalue weighted by atomic mass is 16.2. The molecule has 2 aliphatic rings. The Balaban J connectivity index is 1.55. The van der Waals surface area contributed by atoms with Crippen LogP contribution in [0, 0.1) is 11.8 Å². The molecule has 1 aromatic carbocycles. The van der Waals surface area contributed by atoms with Gasteiger partial charge in [0, 0.05) is 36.6 Å². The van der Waals surface area contributed by atoms with Gasteiger partial charge in [0.05, 0.1) is 0 Å². The number of hydrogen-bond donors (Lipinski definition) is 0. The minimum Gasteiger partial charge on any atom is -0.338 e.